The number of pyridine rings is 2. The molecule has 0 unspecified atom stereocenters. The third kappa shape index (κ3) is 14.5. The zero-order chi connectivity index (χ0) is 32.3. The zero-order valence-electron chi connectivity index (χ0n) is 28.7. The maximum Gasteiger partial charge on any atom is 0.310 e. The molecule has 0 radical (unpaired) electrons. The van der Waals surface area contributed by atoms with Crippen molar-refractivity contribution in [3.8, 4) is 11.5 Å². The molecule has 0 saturated heterocycles. The van der Waals surface area contributed by atoms with Gasteiger partial charge in [-0.2, -0.15) is 0 Å². The van der Waals surface area contributed by atoms with E-state index in [1.54, 1.807) is 26.2 Å². The molecule has 250 valence electrons. The van der Waals surface area contributed by atoms with Gasteiger partial charge in [0.15, 0.2) is 0 Å². The van der Waals surface area contributed by atoms with Crippen molar-refractivity contribution in [3.05, 3.63) is 48.0 Å². The highest BCUT2D eigenvalue weighted by atomic mass is 16.5. The van der Waals surface area contributed by atoms with Gasteiger partial charge in [0, 0.05) is 24.2 Å². The molecular weight excluding hydrogens is 560 g/mol. The minimum absolute atomic E-state index is 0.209. The monoisotopic (exact) mass is 620 g/mol. The minimum atomic E-state index is -0.210. The lowest BCUT2D eigenvalue weighted by atomic mass is 9.78. The van der Waals surface area contributed by atoms with E-state index in [0.717, 1.165) is 47.9 Å². The van der Waals surface area contributed by atoms with Crippen molar-refractivity contribution < 1.29 is 19.1 Å². The Labute approximate surface area is 273 Å². The number of aryl methyl sites for hydroxylation is 2. The van der Waals surface area contributed by atoms with Crippen LogP contribution in [-0.4, -0.2) is 21.9 Å². The zero-order valence-corrected chi connectivity index (χ0v) is 28.7. The van der Waals surface area contributed by atoms with Gasteiger partial charge in [-0.25, -0.2) is 0 Å². The molecule has 2 aliphatic rings. The van der Waals surface area contributed by atoms with Crippen molar-refractivity contribution in [2.24, 2.45) is 23.7 Å². The fraction of sp³-hybridized carbons (Fsp3) is 0.692. The lowest BCUT2D eigenvalue weighted by molar-refractivity contribution is -0.134. The van der Waals surface area contributed by atoms with Gasteiger partial charge in [-0.1, -0.05) is 111 Å². The van der Waals surface area contributed by atoms with Crippen LogP contribution < -0.4 is 9.47 Å². The van der Waals surface area contributed by atoms with Crippen LogP contribution in [0.3, 0.4) is 0 Å². The highest BCUT2D eigenvalue weighted by Gasteiger charge is 2.21. The second-order valence-corrected chi connectivity index (χ2v) is 13.4. The maximum absolute atomic E-state index is 11.2. The number of ether oxygens (including phenoxy) is 2. The highest BCUT2D eigenvalue weighted by Crippen LogP contribution is 2.35. The van der Waals surface area contributed by atoms with Crippen molar-refractivity contribution in [2.75, 3.05) is 0 Å². The van der Waals surface area contributed by atoms with E-state index in [4.69, 9.17) is 9.47 Å². The summed E-state index contributed by atoms with van der Waals surface area (Å²) >= 11 is 0. The van der Waals surface area contributed by atoms with Crippen LogP contribution in [0, 0.1) is 23.7 Å². The molecule has 0 bridgehead atoms. The molecule has 2 aromatic heterocycles. The lowest BCUT2D eigenvalue weighted by Gasteiger charge is -2.28. The first kappa shape index (κ1) is 36.7. The summed E-state index contributed by atoms with van der Waals surface area (Å²) in [7, 11) is 0. The summed E-state index contributed by atoms with van der Waals surface area (Å²) in [6.07, 6.45) is 26.8. The van der Waals surface area contributed by atoms with Gasteiger partial charge in [-0.05, 0) is 73.6 Å². The summed E-state index contributed by atoms with van der Waals surface area (Å²) in [4.78, 5) is 31.3. The Balaban J connectivity index is 0.000000246. The van der Waals surface area contributed by atoms with Gasteiger partial charge >= 0.3 is 11.9 Å². The molecule has 4 rings (SSSR count). The molecule has 6 nitrogen and oxygen atoms in total. The Bertz CT molecular complexity index is 1090. The van der Waals surface area contributed by atoms with Crippen molar-refractivity contribution in [1.29, 1.82) is 0 Å². The SMILES string of the molecule is CCCC1CCC(CCc2ccc(OC(=O)CC)cn2)CC1.CCCCC1CCC(CCc2ccc(OC(=O)CC)cn2)CC1. The molecule has 45 heavy (non-hydrogen) atoms. The van der Waals surface area contributed by atoms with Crippen LogP contribution in [0.2, 0.25) is 0 Å². The largest absolute Gasteiger partial charge is 0.425 e. The molecule has 0 amide bonds. The van der Waals surface area contributed by atoms with Crippen LogP contribution in [0.5, 0.6) is 11.5 Å². The molecule has 2 fully saturated rings. The fourth-order valence-electron chi connectivity index (χ4n) is 6.87. The average Bonchev–Trinajstić information content (AvgIpc) is 3.08. The van der Waals surface area contributed by atoms with Crippen LogP contribution in [-0.2, 0) is 22.4 Å². The van der Waals surface area contributed by atoms with E-state index in [2.05, 4.69) is 23.8 Å². The Hall–Kier alpha value is -2.76. The van der Waals surface area contributed by atoms with Gasteiger partial charge in [0.1, 0.15) is 11.5 Å². The van der Waals surface area contributed by atoms with E-state index < -0.39 is 0 Å². The van der Waals surface area contributed by atoms with Crippen molar-refractivity contribution >= 4 is 11.9 Å². The van der Waals surface area contributed by atoms with Crippen LogP contribution in [0.4, 0.5) is 0 Å². The van der Waals surface area contributed by atoms with E-state index in [1.807, 2.05) is 24.3 Å². The molecule has 0 spiro atoms. The number of nitrogens with zero attached hydrogens (tertiary/aromatic N) is 2. The second kappa shape index (κ2) is 21.1. The first-order valence-electron chi connectivity index (χ1n) is 18.2. The number of rotatable bonds is 15. The first-order valence-corrected chi connectivity index (χ1v) is 18.2. The standard InChI is InChI=1S/C20H31NO2.C19H29NO2/c1-3-5-6-16-7-9-17(10-8-16)11-12-18-13-14-19(15-21-18)23-20(22)4-2;1-3-5-15-6-8-16(9-7-15)10-11-17-12-13-18(14-20-17)22-19(21)4-2/h13-17H,3-12H2,1-2H3;12-16H,3-11H2,1-2H3. The van der Waals surface area contributed by atoms with Crippen molar-refractivity contribution in [2.45, 2.75) is 150 Å². The van der Waals surface area contributed by atoms with Crippen molar-refractivity contribution in [1.82, 2.24) is 9.97 Å². The molecule has 2 aromatic rings. The summed E-state index contributed by atoms with van der Waals surface area (Å²) < 4.78 is 10.3. The molecular formula is C39H60N2O4. The maximum atomic E-state index is 11.2. The third-order valence-electron chi connectivity index (χ3n) is 9.85. The molecule has 6 heteroatoms. The molecule has 2 saturated carbocycles. The van der Waals surface area contributed by atoms with E-state index in [0.29, 0.717) is 24.3 Å². The number of esters is 2. The predicted molar refractivity (Wildman–Crippen MR) is 182 cm³/mol. The van der Waals surface area contributed by atoms with E-state index in [-0.39, 0.29) is 11.9 Å². The Morgan fingerprint density at radius 2 is 0.978 bits per heavy atom. The van der Waals surface area contributed by atoms with Crippen molar-refractivity contribution in [3.63, 3.8) is 0 Å². The normalized spacial score (nSPS) is 21.3. The number of hydrogen-bond acceptors (Lipinski definition) is 6. The quantitative estimate of drug-likeness (QED) is 0.184. The third-order valence-corrected chi connectivity index (χ3v) is 9.85. The predicted octanol–water partition coefficient (Wildman–Crippen LogP) is 10.3. The molecule has 2 aliphatic carbocycles. The molecule has 0 atom stereocenters. The molecule has 0 aromatic carbocycles. The van der Waals surface area contributed by atoms with Gasteiger partial charge in [-0.3, -0.25) is 19.6 Å². The summed E-state index contributed by atoms with van der Waals surface area (Å²) in [5.41, 5.74) is 2.21. The fourth-order valence-corrected chi connectivity index (χ4v) is 6.87. The highest BCUT2D eigenvalue weighted by molar-refractivity contribution is 5.72. The van der Waals surface area contributed by atoms with Gasteiger partial charge in [0.25, 0.3) is 0 Å². The smallest absolute Gasteiger partial charge is 0.310 e. The molecule has 0 aliphatic heterocycles. The van der Waals surface area contributed by atoms with Gasteiger partial charge in [0.2, 0.25) is 0 Å². The summed E-state index contributed by atoms with van der Waals surface area (Å²) in [6.45, 7) is 8.16. The minimum Gasteiger partial charge on any atom is -0.425 e. The Kier molecular flexibility index (Phi) is 17.2. The van der Waals surface area contributed by atoms with Crippen LogP contribution in [0.25, 0.3) is 0 Å². The summed E-state index contributed by atoms with van der Waals surface area (Å²) in [5, 5.41) is 0. The number of carbonyl (C=O) groups excluding carboxylic acids is 2. The van der Waals surface area contributed by atoms with Crippen LogP contribution in [0.1, 0.15) is 148 Å². The van der Waals surface area contributed by atoms with Crippen LogP contribution >= 0.6 is 0 Å². The van der Waals surface area contributed by atoms with E-state index in [1.165, 1.54) is 96.3 Å². The van der Waals surface area contributed by atoms with Gasteiger partial charge in [-0.15, -0.1) is 0 Å². The topological polar surface area (TPSA) is 78.4 Å². The summed E-state index contributed by atoms with van der Waals surface area (Å²) in [6, 6.07) is 7.69. The number of unbranched alkanes of at least 4 members (excludes halogenated alkanes) is 1. The first-order chi connectivity index (χ1) is 21.9. The van der Waals surface area contributed by atoms with E-state index >= 15 is 0 Å². The molecule has 2 heterocycles. The lowest BCUT2D eigenvalue weighted by Crippen LogP contribution is -2.15. The number of hydrogen-bond donors (Lipinski definition) is 0. The summed E-state index contributed by atoms with van der Waals surface area (Å²) in [5.74, 6) is 4.38. The van der Waals surface area contributed by atoms with E-state index in [9.17, 15) is 9.59 Å². The van der Waals surface area contributed by atoms with Gasteiger partial charge in [0.05, 0.1) is 12.4 Å². The Morgan fingerprint density at radius 3 is 1.31 bits per heavy atom. The van der Waals surface area contributed by atoms with Crippen LogP contribution in [0.15, 0.2) is 36.7 Å². The average molecular weight is 621 g/mol. The second-order valence-electron chi connectivity index (χ2n) is 13.4. The molecule has 0 N–H and O–H groups in total. The van der Waals surface area contributed by atoms with Gasteiger partial charge < -0.3 is 9.47 Å². The Morgan fingerprint density at radius 1 is 0.578 bits per heavy atom. The number of aromatic nitrogens is 2. The number of carbonyl (C=O) groups is 2.